The minimum Gasteiger partial charge on any atom is -0.343 e. The van der Waals surface area contributed by atoms with Crippen LogP contribution in [0.3, 0.4) is 0 Å². The van der Waals surface area contributed by atoms with Crippen molar-refractivity contribution in [2.45, 2.75) is 103 Å². The fourth-order valence-corrected chi connectivity index (χ4v) is 5.95. The molecule has 0 saturated carbocycles. The number of hydrogen-bond donors (Lipinski definition) is 6. The molecule has 1 aliphatic rings. The van der Waals surface area contributed by atoms with Gasteiger partial charge in [0.25, 0.3) is 0 Å². The molecular weight excluding hydrogens is 618 g/mol. The van der Waals surface area contributed by atoms with Crippen molar-refractivity contribution in [1.29, 1.82) is 0 Å². The maximum atomic E-state index is 13.9. The van der Waals surface area contributed by atoms with Gasteiger partial charge in [0, 0.05) is 32.1 Å². The lowest BCUT2D eigenvalue weighted by atomic mass is 9.99. The molecule has 4 atom stereocenters. The van der Waals surface area contributed by atoms with E-state index in [4.69, 9.17) is 5.73 Å². The number of carbonyl (C=O) groups excluding carboxylic acids is 4. The molecule has 0 bridgehead atoms. The van der Waals surface area contributed by atoms with Gasteiger partial charge in [-0.15, -0.1) is 0 Å². The first kappa shape index (κ1) is 39.6. The Morgan fingerprint density at radius 1 is 0.735 bits per heavy atom. The maximum absolute atomic E-state index is 13.9. The second-order valence-corrected chi connectivity index (χ2v) is 13.8. The van der Waals surface area contributed by atoms with Gasteiger partial charge in [0.1, 0.15) is 18.1 Å². The standard InChI is InChI=1S/C38H59N7O4/c1-27(2)24-33(36(47)42-32(18-11-12-20-41-28(3)4)38(49)45-22-13-19-40-21-23-45)44-37(48)34(26-30-16-9-6-10-17-30)43-35(46)31(39)25-29-14-7-5-8-15-29/h5-10,14-17,27-28,31-34,40-41H,11-13,18-26,39H2,1-4H3,(H,42,47)(H,43,46)(H,44,48)/t31-,32-,33-,34-/m1/s1. The van der Waals surface area contributed by atoms with E-state index in [9.17, 15) is 19.2 Å². The lowest BCUT2D eigenvalue weighted by Crippen LogP contribution is -2.58. The molecule has 0 spiro atoms. The van der Waals surface area contributed by atoms with E-state index in [0.29, 0.717) is 44.9 Å². The Morgan fingerprint density at radius 3 is 1.96 bits per heavy atom. The summed E-state index contributed by atoms with van der Waals surface area (Å²) < 4.78 is 0. The molecule has 0 unspecified atom stereocenters. The summed E-state index contributed by atoms with van der Waals surface area (Å²) in [6, 6.07) is 15.8. The van der Waals surface area contributed by atoms with E-state index in [-0.39, 0.29) is 18.2 Å². The molecule has 1 heterocycles. The zero-order chi connectivity index (χ0) is 35.6. The van der Waals surface area contributed by atoms with Gasteiger partial charge in [0.05, 0.1) is 6.04 Å². The molecule has 0 aromatic heterocycles. The van der Waals surface area contributed by atoms with Crippen LogP contribution in [0, 0.1) is 5.92 Å². The number of benzene rings is 2. The number of rotatable bonds is 19. The molecule has 4 amide bonds. The van der Waals surface area contributed by atoms with Crippen LogP contribution in [0.5, 0.6) is 0 Å². The van der Waals surface area contributed by atoms with E-state index in [1.165, 1.54) is 0 Å². The molecule has 11 nitrogen and oxygen atoms in total. The SMILES string of the molecule is CC(C)C[C@@H](NC(=O)[C@@H](Cc1ccccc1)NC(=O)[C@H](N)Cc1ccccc1)C(=O)N[C@H](CCCCNC(C)C)C(=O)N1CCCNCC1. The van der Waals surface area contributed by atoms with E-state index >= 15 is 0 Å². The van der Waals surface area contributed by atoms with Gasteiger partial charge in [0.15, 0.2) is 0 Å². The lowest BCUT2D eigenvalue weighted by molar-refractivity contribution is -0.138. The maximum Gasteiger partial charge on any atom is 0.245 e. The molecule has 7 N–H and O–H groups in total. The molecule has 2 aromatic rings. The van der Waals surface area contributed by atoms with Crippen molar-refractivity contribution in [3.63, 3.8) is 0 Å². The molecule has 1 fully saturated rings. The fraction of sp³-hybridized carbons (Fsp3) is 0.579. The van der Waals surface area contributed by atoms with Crippen molar-refractivity contribution in [2.75, 3.05) is 32.7 Å². The van der Waals surface area contributed by atoms with Gasteiger partial charge in [-0.3, -0.25) is 19.2 Å². The summed E-state index contributed by atoms with van der Waals surface area (Å²) in [5.41, 5.74) is 8.05. The van der Waals surface area contributed by atoms with E-state index < -0.39 is 41.9 Å². The largest absolute Gasteiger partial charge is 0.343 e. The molecular formula is C38H59N7O4. The topological polar surface area (TPSA) is 158 Å². The van der Waals surface area contributed by atoms with Crippen molar-refractivity contribution in [2.24, 2.45) is 11.7 Å². The van der Waals surface area contributed by atoms with Crippen molar-refractivity contribution >= 4 is 23.6 Å². The zero-order valence-corrected chi connectivity index (χ0v) is 29.9. The van der Waals surface area contributed by atoms with E-state index in [1.807, 2.05) is 79.4 Å². The third-order valence-electron chi connectivity index (χ3n) is 8.63. The van der Waals surface area contributed by atoms with Gasteiger partial charge in [0.2, 0.25) is 23.6 Å². The average Bonchev–Trinajstić information content (AvgIpc) is 3.37. The number of nitrogens with zero attached hydrogens (tertiary/aromatic N) is 1. The summed E-state index contributed by atoms with van der Waals surface area (Å²) in [6.45, 7) is 11.7. The van der Waals surface area contributed by atoms with Gasteiger partial charge in [-0.05, 0) is 68.7 Å². The van der Waals surface area contributed by atoms with Gasteiger partial charge < -0.3 is 37.2 Å². The third kappa shape index (κ3) is 14.7. The summed E-state index contributed by atoms with van der Waals surface area (Å²) in [7, 11) is 0. The molecule has 0 radical (unpaired) electrons. The Balaban J connectivity index is 1.76. The van der Waals surface area contributed by atoms with Gasteiger partial charge in [-0.2, -0.15) is 0 Å². The highest BCUT2D eigenvalue weighted by molar-refractivity contribution is 5.95. The third-order valence-corrected chi connectivity index (χ3v) is 8.63. The van der Waals surface area contributed by atoms with Crippen LogP contribution in [0.1, 0.15) is 70.9 Å². The zero-order valence-electron chi connectivity index (χ0n) is 29.9. The highest BCUT2D eigenvalue weighted by Gasteiger charge is 2.32. The van der Waals surface area contributed by atoms with Crippen molar-refractivity contribution in [3.05, 3.63) is 71.8 Å². The molecule has 2 aromatic carbocycles. The van der Waals surface area contributed by atoms with E-state index in [1.54, 1.807) is 0 Å². The normalized spacial score (nSPS) is 15.9. The van der Waals surface area contributed by atoms with Crippen LogP contribution in [-0.2, 0) is 32.0 Å². The minimum absolute atomic E-state index is 0.0745. The molecule has 270 valence electrons. The average molecular weight is 678 g/mol. The number of unbranched alkanes of at least 4 members (excludes halogenated alkanes) is 1. The second kappa shape index (κ2) is 21.3. The Labute approximate surface area is 292 Å². The van der Waals surface area contributed by atoms with Gasteiger partial charge >= 0.3 is 0 Å². The smallest absolute Gasteiger partial charge is 0.245 e. The summed E-state index contributed by atoms with van der Waals surface area (Å²) in [6.07, 6.45) is 3.89. The first-order chi connectivity index (χ1) is 23.5. The Bertz CT molecular complexity index is 1280. The minimum atomic E-state index is -0.963. The predicted molar refractivity (Wildman–Crippen MR) is 195 cm³/mol. The summed E-state index contributed by atoms with van der Waals surface area (Å²) in [4.78, 5) is 56.8. The molecule has 49 heavy (non-hydrogen) atoms. The number of amides is 4. The van der Waals surface area contributed by atoms with E-state index in [2.05, 4.69) is 40.4 Å². The molecule has 3 rings (SSSR count). The van der Waals surface area contributed by atoms with Crippen molar-refractivity contribution < 1.29 is 19.2 Å². The first-order valence-electron chi connectivity index (χ1n) is 18.0. The number of carbonyl (C=O) groups is 4. The van der Waals surface area contributed by atoms with Crippen LogP contribution in [0.4, 0.5) is 0 Å². The van der Waals surface area contributed by atoms with Crippen LogP contribution in [0.15, 0.2) is 60.7 Å². The Morgan fingerprint density at radius 2 is 1.33 bits per heavy atom. The monoisotopic (exact) mass is 677 g/mol. The quantitative estimate of drug-likeness (QED) is 0.125. The van der Waals surface area contributed by atoms with Gasteiger partial charge in [-0.1, -0.05) is 88.4 Å². The van der Waals surface area contributed by atoms with E-state index in [0.717, 1.165) is 43.5 Å². The first-order valence-corrected chi connectivity index (χ1v) is 18.0. The van der Waals surface area contributed by atoms with Crippen LogP contribution in [0.2, 0.25) is 0 Å². The fourth-order valence-electron chi connectivity index (χ4n) is 5.95. The van der Waals surface area contributed by atoms with Crippen LogP contribution < -0.4 is 32.3 Å². The van der Waals surface area contributed by atoms with Crippen LogP contribution in [0.25, 0.3) is 0 Å². The summed E-state index contributed by atoms with van der Waals surface area (Å²) >= 11 is 0. The summed E-state index contributed by atoms with van der Waals surface area (Å²) in [5, 5.41) is 15.6. The van der Waals surface area contributed by atoms with Crippen LogP contribution in [-0.4, -0.2) is 91.5 Å². The van der Waals surface area contributed by atoms with Crippen molar-refractivity contribution in [3.8, 4) is 0 Å². The second-order valence-electron chi connectivity index (χ2n) is 13.8. The Hall–Kier alpha value is -3.80. The highest BCUT2D eigenvalue weighted by Crippen LogP contribution is 2.12. The molecule has 0 aliphatic carbocycles. The number of nitrogens with one attached hydrogen (secondary N) is 5. The van der Waals surface area contributed by atoms with Crippen molar-refractivity contribution in [1.82, 2.24) is 31.5 Å². The molecule has 11 heteroatoms. The number of hydrogen-bond acceptors (Lipinski definition) is 7. The molecule has 1 aliphatic heterocycles. The predicted octanol–water partition coefficient (Wildman–Crippen LogP) is 2.29. The van der Waals surface area contributed by atoms with Gasteiger partial charge in [-0.25, -0.2) is 0 Å². The number of nitrogens with two attached hydrogens (primary N) is 1. The highest BCUT2D eigenvalue weighted by atomic mass is 16.2. The van der Waals surface area contributed by atoms with Crippen LogP contribution >= 0.6 is 0 Å². The summed E-state index contributed by atoms with van der Waals surface area (Å²) in [5.74, 6) is -1.35. The molecule has 1 saturated heterocycles. The lowest BCUT2D eigenvalue weighted by Gasteiger charge is -2.29. The Kier molecular flexibility index (Phi) is 17.2.